The smallest absolute Gasteiger partial charge is 0.254 e. The Morgan fingerprint density at radius 2 is 1.79 bits per heavy atom. The second-order valence-corrected chi connectivity index (χ2v) is 8.99. The molecule has 3 heterocycles. The van der Waals surface area contributed by atoms with Crippen LogP contribution in [0.15, 0.2) is 66.0 Å². The maximum atomic E-state index is 13.8. The van der Waals surface area contributed by atoms with Gasteiger partial charge in [0.25, 0.3) is 5.91 Å². The summed E-state index contributed by atoms with van der Waals surface area (Å²) in [6, 6.07) is 13.1. The molecule has 170 valence electrons. The molecule has 5 rings (SSSR count). The van der Waals surface area contributed by atoms with Crippen molar-refractivity contribution >= 4 is 40.6 Å². The van der Waals surface area contributed by atoms with Gasteiger partial charge in [-0.25, -0.2) is 9.07 Å². The fraction of sp³-hybridized carbons (Fsp3) is 0.250. The predicted molar refractivity (Wildman–Crippen MR) is 128 cm³/mol. The number of nitrogens with zero attached hydrogens (tertiary/aromatic N) is 4. The van der Waals surface area contributed by atoms with E-state index in [0.717, 1.165) is 22.8 Å². The maximum absolute atomic E-state index is 13.8. The lowest BCUT2D eigenvalue weighted by molar-refractivity contribution is -0.127. The van der Waals surface area contributed by atoms with Crippen LogP contribution in [0.4, 0.5) is 15.9 Å². The van der Waals surface area contributed by atoms with Crippen molar-refractivity contribution in [2.24, 2.45) is 0 Å². The van der Waals surface area contributed by atoms with E-state index in [2.05, 4.69) is 15.3 Å². The number of carbonyl (C=O) groups excluding carboxylic acids is 1. The highest BCUT2D eigenvalue weighted by molar-refractivity contribution is 6.33. The lowest BCUT2D eigenvalue weighted by atomic mass is 9.94. The van der Waals surface area contributed by atoms with Gasteiger partial charge in [0.1, 0.15) is 17.7 Å². The third-order valence-corrected chi connectivity index (χ3v) is 6.73. The summed E-state index contributed by atoms with van der Waals surface area (Å²) >= 11 is 12.9. The first kappa shape index (κ1) is 21.8. The highest BCUT2D eigenvalue weighted by atomic mass is 35.5. The number of fused-ring (bicyclic) bond motifs is 1. The highest BCUT2D eigenvalue weighted by Gasteiger charge is 2.36. The van der Waals surface area contributed by atoms with Crippen LogP contribution in [-0.2, 0) is 4.79 Å². The number of nitrogens with one attached hydrogen (secondary N) is 1. The van der Waals surface area contributed by atoms with Crippen LogP contribution in [0.3, 0.4) is 0 Å². The number of halogens is 3. The molecular weight excluding hydrogens is 464 g/mol. The molecule has 9 heteroatoms. The summed E-state index contributed by atoms with van der Waals surface area (Å²) in [5.74, 6) is 0.454. The molecule has 0 bridgehead atoms. The highest BCUT2D eigenvalue weighted by Crippen LogP contribution is 2.40. The molecule has 1 fully saturated rings. The van der Waals surface area contributed by atoms with Gasteiger partial charge in [-0.1, -0.05) is 23.2 Å². The molecule has 1 saturated heterocycles. The number of allylic oxidation sites excluding steroid dienone is 1. The second-order valence-electron chi connectivity index (χ2n) is 8.15. The van der Waals surface area contributed by atoms with Crippen molar-refractivity contribution < 1.29 is 9.18 Å². The predicted octanol–water partition coefficient (Wildman–Crippen LogP) is 4.97. The van der Waals surface area contributed by atoms with Gasteiger partial charge < -0.3 is 15.1 Å². The number of carbonyl (C=O) groups is 1. The molecule has 2 aliphatic heterocycles. The zero-order valence-corrected chi connectivity index (χ0v) is 19.4. The van der Waals surface area contributed by atoms with E-state index in [4.69, 9.17) is 23.2 Å². The molecule has 6 nitrogen and oxygen atoms in total. The van der Waals surface area contributed by atoms with E-state index in [1.165, 1.54) is 12.1 Å². The number of benzene rings is 2. The first-order valence-corrected chi connectivity index (χ1v) is 11.4. The van der Waals surface area contributed by atoms with Crippen LogP contribution in [0.1, 0.15) is 18.5 Å². The molecule has 1 amide bonds. The summed E-state index contributed by atoms with van der Waals surface area (Å²) in [7, 11) is 0. The van der Waals surface area contributed by atoms with E-state index in [-0.39, 0.29) is 11.7 Å². The standard InChI is InChI=1S/C24H22Cl2FN5O/c1-15-22(24(33)31-12-10-30(11-13-31)18-5-3-17(27)4-6-18)23(32-21(29-15)8-9-28-32)19-14-16(25)2-7-20(19)26/h2-9,14,23,29H,10-13H2,1H3. The lowest BCUT2D eigenvalue weighted by Gasteiger charge is -2.38. The number of hydrogen-bond donors (Lipinski definition) is 1. The Labute approximate surface area is 201 Å². The van der Waals surface area contributed by atoms with Crippen LogP contribution < -0.4 is 10.2 Å². The Morgan fingerprint density at radius 3 is 2.52 bits per heavy atom. The molecule has 0 aliphatic carbocycles. The first-order valence-electron chi connectivity index (χ1n) is 10.7. The summed E-state index contributed by atoms with van der Waals surface area (Å²) < 4.78 is 15.0. The Balaban J connectivity index is 1.44. The van der Waals surface area contributed by atoms with Crippen molar-refractivity contribution in [3.63, 3.8) is 0 Å². The van der Waals surface area contributed by atoms with E-state index >= 15 is 0 Å². The van der Waals surface area contributed by atoms with Gasteiger partial charge in [0, 0.05) is 59.2 Å². The average molecular weight is 486 g/mol. The quantitative estimate of drug-likeness (QED) is 0.569. The maximum Gasteiger partial charge on any atom is 0.254 e. The van der Waals surface area contributed by atoms with Crippen molar-refractivity contribution in [2.75, 3.05) is 36.4 Å². The lowest BCUT2D eigenvalue weighted by Crippen LogP contribution is -2.50. The molecule has 3 aromatic rings. The van der Waals surface area contributed by atoms with Gasteiger partial charge in [-0.15, -0.1) is 0 Å². The SMILES string of the molecule is CC1=C(C(=O)N2CCN(c3ccc(F)cc3)CC2)C(c2cc(Cl)ccc2Cl)n2nccc2N1. The largest absolute Gasteiger partial charge is 0.368 e. The molecule has 0 spiro atoms. The van der Waals surface area contributed by atoms with E-state index < -0.39 is 6.04 Å². The molecule has 0 saturated carbocycles. The van der Waals surface area contributed by atoms with Gasteiger partial charge in [-0.3, -0.25) is 4.79 Å². The number of amides is 1. The van der Waals surface area contributed by atoms with Crippen molar-refractivity contribution in [3.8, 4) is 0 Å². The molecule has 1 aromatic heterocycles. The molecule has 2 aromatic carbocycles. The summed E-state index contributed by atoms with van der Waals surface area (Å²) in [5, 5.41) is 8.82. The van der Waals surface area contributed by atoms with E-state index in [1.807, 2.05) is 17.9 Å². The molecule has 2 aliphatic rings. The van der Waals surface area contributed by atoms with Crippen LogP contribution in [-0.4, -0.2) is 46.8 Å². The third-order valence-electron chi connectivity index (χ3n) is 6.15. The van der Waals surface area contributed by atoms with Crippen LogP contribution in [0, 0.1) is 5.82 Å². The normalized spacial score (nSPS) is 18.2. The molecule has 1 unspecified atom stereocenters. The number of hydrogen-bond acceptors (Lipinski definition) is 4. The number of piperazine rings is 1. The molecular formula is C24H22Cl2FN5O. The molecule has 0 radical (unpaired) electrons. The van der Waals surface area contributed by atoms with Gasteiger partial charge in [-0.05, 0) is 49.4 Å². The number of anilines is 2. The summed E-state index contributed by atoms with van der Waals surface area (Å²) in [5.41, 5.74) is 3.02. The Hall–Kier alpha value is -3.03. The van der Waals surface area contributed by atoms with Gasteiger partial charge in [0.2, 0.25) is 0 Å². The zero-order valence-electron chi connectivity index (χ0n) is 17.9. The third kappa shape index (κ3) is 4.07. The number of aromatic nitrogens is 2. The fourth-order valence-corrected chi connectivity index (χ4v) is 4.89. The molecule has 1 N–H and O–H groups in total. The van der Waals surface area contributed by atoms with E-state index in [1.54, 1.807) is 41.2 Å². The van der Waals surface area contributed by atoms with E-state index in [0.29, 0.717) is 41.8 Å². The Bertz CT molecular complexity index is 1230. The van der Waals surface area contributed by atoms with Gasteiger partial charge >= 0.3 is 0 Å². The summed E-state index contributed by atoms with van der Waals surface area (Å²) in [6.07, 6.45) is 1.69. The van der Waals surface area contributed by atoms with Crippen molar-refractivity contribution in [1.82, 2.24) is 14.7 Å². The monoisotopic (exact) mass is 485 g/mol. The van der Waals surface area contributed by atoms with Gasteiger partial charge in [0.05, 0.1) is 11.8 Å². The van der Waals surface area contributed by atoms with Crippen LogP contribution in [0.2, 0.25) is 10.0 Å². The minimum atomic E-state index is -0.495. The molecule has 33 heavy (non-hydrogen) atoms. The van der Waals surface area contributed by atoms with Crippen molar-refractivity contribution in [3.05, 3.63) is 87.4 Å². The van der Waals surface area contributed by atoms with Crippen LogP contribution in [0.25, 0.3) is 0 Å². The Kier molecular flexibility index (Phi) is 5.76. The van der Waals surface area contributed by atoms with Gasteiger partial charge in [0.15, 0.2) is 0 Å². The summed E-state index contributed by atoms with van der Waals surface area (Å²) in [4.78, 5) is 17.8. The Morgan fingerprint density at radius 1 is 1.06 bits per heavy atom. The topological polar surface area (TPSA) is 53.4 Å². The van der Waals surface area contributed by atoms with Gasteiger partial charge in [-0.2, -0.15) is 5.10 Å². The van der Waals surface area contributed by atoms with E-state index in [9.17, 15) is 9.18 Å². The second kappa shape index (κ2) is 8.72. The minimum Gasteiger partial charge on any atom is -0.368 e. The van der Waals surface area contributed by atoms with Crippen molar-refractivity contribution in [2.45, 2.75) is 13.0 Å². The van der Waals surface area contributed by atoms with Crippen molar-refractivity contribution in [1.29, 1.82) is 0 Å². The number of rotatable bonds is 3. The molecule has 1 atom stereocenters. The average Bonchev–Trinajstić information content (AvgIpc) is 3.28. The zero-order chi connectivity index (χ0) is 23.1. The minimum absolute atomic E-state index is 0.0686. The fourth-order valence-electron chi connectivity index (χ4n) is 4.48. The van der Waals surface area contributed by atoms with Crippen LogP contribution >= 0.6 is 23.2 Å². The summed E-state index contributed by atoms with van der Waals surface area (Å²) in [6.45, 7) is 4.31. The van der Waals surface area contributed by atoms with Crippen LogP contribution in [0.5, 0.6) is 0 Å². The first-order chi connectivity index (χ1) is 15.9.